The summed E-state index contributed by atoms with van der Waals surface area (Å²) in [7, 11) is 1.65. The van der Waals surface area contributed by atoms with Gasteiger partial charge < -0.3 is 14.4 Å². The summed E-state index contributed by atoms with van der Waals surface area (Å²) in [6.45, 7) is 6.20. The van der Waals surface area contributed by atoms with E-state index in [1.165, 1.54) is 11.3 Å². The highest BCUT2D eigenvalue weighted by Crippen LogP contribution is 2.25. The summed E-state index contributed by atoms with van der Waals surface area (Å²) in [5.74, 6) is 2.13. The molecule has 0 aliphatic carbocycles. The van der Waals surface area contributed by atoms with E-state index in [1.807, 2.05) is 43.0 Å². The van der Waals surface area contributed by atoms with Crippen LogP contribution in [0.4, 0.5) is 0 Å². The topological polar surface area (TPSA) is 51.7 Å². The maximum absolute atomic E-state index is 12.9. The summed E-state index contributed by atoms with van der Waals surface area (Å²) in [4.78, 5) is 20.2. The second-order valence-corrected chi connectivity index (χ2v) is 7.81. The number of rotatable bonds is 6. The van der Waals surface area contributed by atoms with Crippen molar-refractivity contribution in [3.8, 4) is 11.5 Å². The number of likely N-dealkylation sites (tertiary alicyclic amines) is 1. The lowest BCUT2D eigenvalue weighted by molar-refractivity contribution is 0.0637. The van der Waals surface area contributed by atoms with Crippen molar-refractivity contribution in [2.45, 2.75) is 33.1 Å². The lowest BCUT2D eigenvalue weighted by Gasteiger charge is -2.32. The maximum atomic E-state index is 12.9. The predicted octanol–water partition coefficient (Wildman–Crippen LogP) is 3.95. The number of carbonyl (C=O) groups excluding carboxylic acids is 1. The Kier molecular flexibility index (Phi) is 6.14. The molecule has 26 heavy (non-hydrogen) atoms. The first-order chi connectivity index (χ1) is 12.6. The molecule has 140 valence electrons. The first-order valence-electron chi connectivity index (χ1n) is 9.13. The van der Waals surface area contributed by atoms with Gasteiger partial charge in [0, 0.05) is 19.0 Å². The Labute approximate surface area is 159 Å². The van der Waals surface area contributed by atoms with Gasteiger partial charge >= 0.3 is 0 Å². The predicted molar refractivity (Wildman–Crippen MR) is 103 cm³/mol. The molecule has 1 atom stereocenters. The number of amides is 1. The first kappa shape index (κ1) is 18.7. The van der Waals surface area contributed by atoms with Crippen LogP contribution in [0.15, 0.2) is 24.3 Å². The molecule has 1 aliphatic heterocycles. The van der Waals surface area contributed by atoms with E-state index in [0.717, 1.165) is 59.4 Å². The number of methoxy groups -OCH3 is 1. The summed E-state index contributed by atoms with van der Waals surface area (Å²) in [6.07, 6.45) is 2.90. The molecule has 0 N–H and O–H groups in total. The van der Waals surface area contributed by atoms with Crippen LogP contribution in [0.2, 0.25) is 0 Å². The molecule has 1 aromatic carbocycles. The monoisotopic (exact) mass is 374 g/mol. The minimum atomic E-state index is 0.126. The van der Waals surface area contributed by atoms with Crippen molar-refractivity contribution < 1.29 is 14.3 Å². The van der Waals surface area contributed by atoms with Gasteiger partial charge in [-0.1, -0.05) is 6.92 Å². The number of aromatic nitrogens is 1. The van der Waals surface area contributed by atoms with Crippen LogP contribution in [0.25, 0.3) is 0 Å². The fraction of sp³-hybridized carbons (Fsp3) is 0.500. The molecule has 5 nitrogen and oxygen atoms in total. The molecular formula is C20H26N2O3S. The average molecular weight is 375 g/mol. The van der Waals surface area contributed by atoms with Crippen molar-refractivity contribution in [2.75, 3.05) is 26.8 Å². The summed E-state index contributed by atoms with van der Waals surface area (Å²) in [5, 5.41) is 0.960. The molecule has 2 heterocycles. The van der Waals surface area contributed by atoms with E-state index >= 15 is 0 Å². The summed E-state index contributed by atoms with van der Waals surface area (Å²) < 4.78 is 11.1. The number of benzene rings is 1. The molecule has 0 spiro atoms. The number of hydrogen-bond donors (Lipinski definition) is 0. The van der Waals surface area contributed by atoms with E-state index in [4.69, 9.17) is 9.47 Å². The Morgan fingerprint density at radius 3 is 2.73 bits per heavy atom. The summed E-state index contributed by atoms with van der Waals surface area (Å²) >= 11 is 1.51. The van der Waals surface area contributed by atoms with Crippen LogP contribution in [0.5, 0.6) is 11.5 Å². The maximum Gasteiger partial charge on any atom is 0.265 e. The Morgan fingerprint density at radius 1 is 1.31 bits per heavy atom. The molecule has 2 aromatic rings. The fourth-order valence-corrected chi connectivity index (χ4v) is 4.27. The Balaban J connectivity index is 1.58. The van der Waals surface area contributed by atoms with Crippen LogP contribution in [-0.4, -0.2) is 42.6 Å². The second kappa shape index (κ2) is 8.54. The Morgan fingerprint density at radius 2 is 2.04 bits per heavy atom. The number of piperidine rings is 1. The Bertz CT molecular complexity index is 742. The number of carbonyl (C=O) groups is 1. The number of ether oxygens (including phenoxy) is 2. The molecular weight excluding hydrogens is 348 g/mol. The van der Waals surface area contributed by atoms with Crippen LogP contribution in [0.3, 0.4) is 0 Å². The normalized spacial score (nSPS) is 17.2. The van der Waals surface area contributed by atoms with E-state index in [-0.39, 0.29) is 5.91 Å². The molecule has 1 saturated heterocycles. The first-order valence-corrected chi connectivity index (χ1v) is 9.94. The summed E-state index contributed by atoms with van der Waals surface area (Å²) in [5.41, 5.74) is 0.925. The van der Waals surface area contributed by atoms with Crippen molar-refractivity contribution >= 4 is 17.2 Å². The van der Waals surface area contributed by atoms with Crippen LogP contribution in [-0.2, 0) is 6.42 Å². The SMILES string of the molecule is CCc1nc(C)sc1C(=O)N1CCCC(COc2ccc(OC)cc2)C1. The van der Waals surface area contributed by atoms with Gasteiger partial charge in [0.1, 0.15) is 16.4 Å². The zero-order valence-electron chi connectivity index (χ0n) is 15.7. The lowest BCUT2D eigenvalue weighted by atomic mass is 9.98. The number of hydrogen-bond acceptors (Lipinski definition) is 5. The summed E-state index contributed by atoms with van der Waals surface area (Å²) in [6, 6.07) is 7.62. The van der Waals surface area contributed by atoms with Gasteiger partial charge in [-0.15, -0.1) is 11.3 Å². The number of aryl methyl sites for hydroxylation is 2. The van der Waals surface area contributed by atoms with Crippen molar-refractivity contribution in [1.82, 2.24) is 9.88 Å². The van der Waals surface area contributed by atoms with Gasteiger partial charge in [-0.3, -0.25) is 4.79 Å². The van der Waals surface area contributed by atoms with Gasteiger partial charge in [-0.05, 0) is 50.5 Å². The second-order valence-electron chi connectivity index (χ2n) is 6.61. The highest BCUT2D eigenvalue weighted by Gasteiger charge is 2.27. The third-order valence-electron chi connectivity index (χ3n) is 4.68. The van der Waals surface area contributed by atoms with Gasteiger partial charge in [-0.25, -0.2) is 4.98 Å². The molecule has 1 aromatic heterocycles. The van der Waals surface area contributed by atoms with Crippen molar-refractivity contribution in [3.63, 3.8) is 0 Å². The van der Waals surface area contributed by atoms with Gasteiger partial charge in [0.15, 0.2) is 0 Å². The number of nitrogens with zero attached hydrogens (tertiary/aromatic N) is 2. The highest BCUT2D eigenvalue weighted by atomic mass is 32.1. The number of thiazole rings is 1. The third-order valence-corrected chi connectivity index (χ3v) is 5.69. The van der Waals surface area contributed by atoms with Crippen LogP contribution >= 0.6 is 11.3 Å². The smallest absolute Gasteiger partial charge is 0.265 e. The minimum Gasteiger partial charge on any atom is -0.497 e. The molecule has 6 heteroatoms. The zero-order valence-corrected chi connectivity index (χ0v) is 16.5. The molecule has 1 unspecified atom stereocenters. The molecule has 0 saturated carbocycles. The molecule has 3 rings (SSSR count). The van der Waals surface area contributed by atoms with E-state index in [1.54, 1.807) is 7.11 Å². The zero-order chi connectivity index (χ0) is 18.5. The van der Waals surface area contributed by atoms with E-state index in [9.17, 15) is 4.79 Å². The molecule has 1 amide bonds. The van der Waals surface area contributed by atoms with Crippen molar-refractivity contribution in [2.24, 2.45) is 5.92 Å². The highest BCUT2D eigenvalue weighted by molar-refractivity contribution is 7.13. The standard InChI is InChI=1S/C20H26N2O3S/c1-4-18-19(26-14(2)21-18)20(23)22-11-5-6-15(12-22)13-25-17-9-7-16(24-3)8-10-17/h7-10,15H,4-6,11-13H2,1-3H3. The Hall–Kier alpha value is -2.08. The van der Waals surface area contributed by atoms with Gasteiger partial charge in [0.2, 0.25) is 0 Å². The van der Waals surface area contributed by atoms with E-state index in [0.29, 0.717) is 12.5 Å². The van der Waals surface area contributed by atoms with E-state index < -0.39 is 0 Å². The lowest BCUT2D eigenvalue weighted by Crippen LogP contribution is -2.41. The van der Waals surface area contributed by atoms with E-state index in [2.05, 4.69) is 4.98 Å². The molecule has 0 bridgehead atoms. The molecule has 1 fully saturated rings. The third kappa shape index (κ3) is 4.36. The van der Waals surface area contributed by atoms with Gasteiger partial charge in [0.25, 0.3) is 5.91 Å². The van der Waals surface area contributed by atoms with Gasteiger partial charge in [0.05, 0.1) is 24.4 Å². The minimum absolute atomic E-state index is 0.126. The molecule has 1 aliphatic rings. The van der Waals surface area contributed by atoms with Crippen LogP contribution in [0, 0.1) is 12.8 Å². The van der Waals surface area contributed by atoms with Crippen LogP contribution in [0.1, 0.15) is 40.1 Å². The largest absolute Gasteiger partial charge is 0.497 e. The quantitative estimate of drug-likeness (QED) is 0.768. The van der Waals surface area contributed by atoms with Crippen molar-refractivity contribution in [1.29, 1.82) is 0 Å². The molecule has 0 radical (unpaired) electrons. The fourth-order valence-electron chi connectivity index (χ4n) is 3.29. The van der Waals surface area contributed by atoms with Gasteiger partial charge in [-0.2, -0.15) is 0 Å². The van der Waals surface area contributed by atoms with Crippen molar-refractivity contribution in [3.05, 3.63) is 39.8 Å². The average Bonchev–Trinajstić information content (AvgIpc) is 3.07. The van der Waals surface area contributed by atoms with Crippen LogP contribution < -0.4 is 9.47 Å².